The maximum Gasteiger partial charge on any atom is 0.248 e. The fraction of sp³-hybridized carbons (Fsp3) is 0.529. The van der Waals surface area contributed by atoms with Gasteiger partial charge in [0.2, 0.25) is 11.8 Å². The molecular weight excluding hydrogens is 280 g/mol. The van der Waals surface area contributed by atoms with Gasteiger partial charge in [0.05, 0.1) is 13.0 Å². The van der Waals surface area contributed by atoms with Crippen LogP contribution in [0.25, 0.3) is 0 Å². The number of carbonyl (C=O) groups excluding carboxylic acids is 2. The van der Waals surface area contributed by atoms with Gasteiger partial charge in [-0.1, -0.05) is 12.1 Å². The lowest BCUT2D eigenvalue weighted by Gasteiger charge is -2.32. The third-order valence-electron chi connectivity index (χ3n) is 4.25. The summed E-state index contributed by atoms with van der Waals surface area (Å²) in [5.74, 6) is 0.381. The van der Waals surface area contributed by atoms with Crippen LogP contribution in [0, 0.1) is 5.92 Å². The predicted octanol–water partition coefficient (Wildman–Crippen LogP) is 1.60. The minimum Gasteiger partial charge on any atom is -0.384 e. The van der Waals surface area contributed by atoms with E-state index in [0.717, 1.165) is 32.4 Å². The first-order valence-electron chi connectivity index (χ1n) is 7.75. The Balaban J connectivity index is 1.79. The molecule has 0 saturated carbocycles. The number of primary amides is 1. The molecule has 0 aromatic heterocycles. The highest BCUT2D eigenvalue weighted by Gasteiger charge is 2.22. The van der Waals surface area contributed by atoms with Gasteiger partial charge in [-0.05, 0) is 42.9 Å². The van der Waals surface area contributed by atoms with E-state index in [1.807, 2.05) is 17.0 Å². The topological polar surface area (TPSA) is 72.6 Å². The molecular formula is C17H24N2O3. The second-order valence-corrected chi connectivity index (χ2v) is 5.83. The number of piperidine rings is 1. The summed E-state index contributed by atoms with van der Waals surface area (Å²) in [5, 5.41) is 0. The number of hydrogen-bond donors (Lipinski definition) is 1. The van der Waals surface area contributed by atoms with Crippen LogP contribution in [0.3, 0.4) is 0 Å². The second kappa shape index (κ2) is 7.94. The Morgan fingerprint density at radius 2 is 1.86 bits per heavy atom. The molecule has 1 aromatic carbocycles. The summed E-state index contributed by atoms with van der Waals surface area (Å²) in [7, 11) is 1.61. The number of methoxy groups -OCH3 is 1. The third-order valence-corrected chi connectivity index (χ3v) is 4.25. The molecule has 0 aliphatic carbocycles. The lowest BCUT2D eigenvalue weighted by molar-refractivity contribution is -0.133. The Morgan fingerprint density at radius 1 is 1.23 bits per heavy atom. The minimum absolute atomic E-state index is 0.186. The van der Waals surface area contributed by atoms with Crippen molar-refractivity contribution in [1.82, 2.24) is 4.90 Å². The molecule has 0 bridgehead atoms. The third kappa shape index (κ3) is 4.56. The van der Waals surface area contributed by atoms with Crippen LogP contribution in [0.1, 0.15) is 35.2 Å². The highest BCUT2D eigenvalue weighted by molar-refractivity contribution is 5.92. The van der Waals surface area contributed by atoms with Crippen LogP contribution in [0.2, 0.25) is 0 Å². The van der Waals surface area contributed by atoms with E-state index in [1.165, 1.54) is 5.56 Å². The lowest BCUT2D eigenvalue weighted by Crippen LogP contribution is -2.39. The molecule has 2 rings (SSSR count). The summed E-state index contributed by atoms with van der Waals surface area (Å²) in [4.78, 5) is 24.9. The van der Waals surface area contributed by atoms with E-state index in [4.69, 9.17) is 10.5 Å². The lowest BCUT2D eigenvalue weighted by atomic mass is 9.90. The molecule has 120 valence electrons. The van der Waals surface area contributed by atoms with Crippen LogP contribution in [0.5, 0.6) is 0 Å². The van der Waals surface area contributed by atoms with Gasteiger partial charge < -0.3 is 15.4 Å². The zero-order valence-electron chi connectivity index (χ0n) is 13.1. The molecule has 0 atom stereocenters. The van der Waals surface area contributed by atoms with Crippen LogP contribution in [0.15, 0.2) is 24.3 Å². The van der Waals surface area contributed by atoms with Gasteiger partial charge >= 0.3 is 0 Å². The normalized spacial score (nSPS) is 15.8. The van der Waals surface area contributed by atoms with Crippen molar-refractivity contribution in [3.05, 3.63) is 35.4 Å². The van der Waals surface area contributed by atoms with Crippen LogP contribution >= 0.6 is 0 Å². The average molecular weight is 304 g/mol. The Labute approximate surface area is 131 Å². The standard InChI is InChI=1S/C17H24N2O3/c1-22-11-8-16(20)19-9-6-14(7-10-19)12-13-2-4-15(5-3-13)17(18)21/h2-5,14H,6-12H2,1H3,(H2,18,21). The first-order chi connectivity index (χ1) is 10.6. The van der Waals surface area contributed by atoms with Gasteiger partial charge in [0, 0.05) is 25.8 Å². The number of amides is 2. The monoisotopic (exact) mass is 304 g/mol. The Kier molecular flexibility index (Phi) is 5.95. The van der Waals surface area contributed by atoms with Crippen LogP contribution in [-0.4, -0.2) is 43.5 Å². The number of likely N-dealkylation sites (tertiary alicyclic amines) is 1. The molecule has 0 spiro atoms. The van der Waals surface area contributed by atoms with Crippen molar-refractivity contribution in [2.24, 2.45) is 11.7 Å². The van der Waals surface area contributed by atoms with E-state index in [9.17, 15) is 9.59 Å². The highest BCUT2D eigenvalue weighted by atomic mass is 16.5. The number of benzene rings is 1. The molecule has 1 fully saturated rings. The molecule has 0 unspecified atom stereocenters. The number of carbonyl (C=O) groups is 2. The van der Waals surface area contributed by atoms with E-state index >= 15 is 0 Å². The Hall–Kier alpha value is -1.88. The van der Waals surface area contributed by atoms with Crippen LogP contribution in [0.4, 0.5) is 0 Å². The summed E-state index contributed by atoms with van der Waals surface area (Å²) in [5.41, 5.74) is 7.00. The summed E-state index contributed by atoms with van der Waals surface area (Å²) >= 11 is 0. The minimum atomic E-state index is -0.394. The number of nitrogens with zero attached hydrogens (tertiary/aromatic N) is 1. The van der Waals surface area contributed by atoms with E-state index in [1.54, 1.807) is 19.2 Å². The number of rotatable bonds is 6. The van der Waals surface area contributed by atoms with Gasteiger partial charge in [0.1, 0.15) is 0 Å². The fourth-order valence-corrected chi connectivity index (χ4v) is 2.87. The zero-order valence-corrected chi connectivity index (χ0v) is 13.1. The molecule has 1 saturated heterocycles. The van der Waals surface area contributed by atoms with Crippen molar-refractivity contribution in [3.8, 4) is 0 Å². The maximum absolute atomic E-state index is 11.9. The average Bonchev–Trinajstić information content (AvgIpc) is 2.54. The van der Waals surface area contributed by atoms with Crippen molar-refractivity contribution in [2.45, 2.75) is 25.7 Å². The Morgan fingerprint density at radius 3 is 2.41 bits per heavy atom. The predicted molar refractivity (Wildman–Crippen MR) is 84.5 cm³/mol. The van der Waals surface area contributed by atoms with E-state index in [0.29, 0.717) is 24.5 Å². The molecule has 1 aliphatic rings. The van der Waals surface area contributed by atoms with Gasteiger partial charge in [-0.15, -0.1) is 0 Å². The molecule has 2 N–H and O–H groups in total. The van der Waals surface area contributed by atoms with Gasteiger partial charge in [0.15, 0.2) is 0 Å². The largest absolute Gasteiger partial charge is 0.384 e. The number of hydrogen-bond acceptors (Lipinski definition) is 3. The number of nitrogens with two attached hydrogens (primary N) is 1. The maximum atomic E-state index is 11.9. The van der Waals surface area contributed by atoms with Gasteiger partial charge in [0.25, 0.3) is 0 Å². The molecule has 22 heavy (non-hydrogen) atoms. The molecule has 5 heteroatoms. The van der Waals surface area contributed by atoms with Crippen LogP contribution in [-0.2, 0) is 16.0 Å². The van der Waals surface area contributed by atoms with E-state index < -0.39 is 5.91 Å². The number of ether oxygens (including phenoxy) is 1. The quantitative estimate of drug-likeness (QED) is 0.867. The fourth-order valence-electron chi connectivity index (χ4n) is 2.87. The van der Waals surface area contributed by atoms with E-state index in [-0.39, 0.29) is 5.91 Å². The summed E-state index contributed by atoms with van der Waals surface area (Å²) in [6.45, 7) is 2.14. The molecule has 1 aromatic rings. The summed E-state index contributed by atoms with van der Waals surface area (Å²) in [6, 6.07) is 7.49. The molecule has 2 amide bonds. The van der Waals surface area contributed by atoms with Crippen molar-refractivity contribution < 1.29 is 14.3 Å². The second-order valence-electron chi connectivity index (χ2n) is 5.83. The first-order valence-corrected chi connectivity index (χ1v) is 7.75. The highest BCUT2D eigenvalue weighted by Crippen LogP contribution is 2.22. The van der Waals surface area contributed by atoms with E-state index in [2.05, 4.69) is 0 Å². The SMILES string of the molecule is COCCC(=O)N1CCC(Cc2ccc(C(N)=O)cc2)CC1. The van der Waals surface area contributed by atoms with Gasteiger partial charge in [-0.3, -0.25) is 9.59 Å². The molecule has 1 aliphatic heterocycles. The Bertz CT molecular complexity index is 505. The van der Waals surface area contributed by atoms with Crippen molar-refractivity contribution in [3.63, 3.8) is 0 Å². The summed E-state index contributed by atoms with van der Waals surface area (Å²) in [6.07, 6.45) is 3.50. The summed E-state index contributed by atoms with van der Waals surface area (Å²) < 4.78 is 4.95. The zero-order chi connectivity index (χ0) is 15.9. The van der Waals surface area contributed by atoms with Crippen molar-refractivity contribution in [2.75, 3.05) is 26.8 Å². The van der Waals surface area contributed by atoms with Gasteiger partial charge in [-0.25, -0.2) is 0 Å². The molecule has 1 heterocycles. The van der Waals surface area contributed by atoms with Crippen molar-refractivity contribution in [1.29, 1.82) is 0 Å². The molecule has 0 radical (unpaired) electrons. The first kappa shape index (κ1) is 16.5. The van der Waals surface area contributed by atoms with Gasteiger partial charge in [-0.2, -0.15) is 0 Å². The smallest absolute Gasteiger partial charge is 0.248 e. The van der Waals surface area contributed by atoms with Crippen molar-refractivity contribution >= 4 is 11.8 Å². The molecule has 5 nitrogen and oxygen atoms in total. The van der Waals surface area contributed by atoms with Crippen LogP contribution < -0.4 is 5.73 Å².